The Balaban J connectivity index is 0.00000272. The summed E-state index contributed by atoms with van der Waals surface area (Å²) < 4.78 is 7.73. The molecule has 166 valence electrons. The number of halogens is 2. The third kappa shape index (κ3) is 5.91. The number of nitrogens with zero attached hydrogens (tertiary/aromatic N) is 1. The molecule has 1 amide bonds. The largest absolute Gasteiger partial charge is 1.00 e. The van der Waals surface area contributed by atoms with Crippen molar-refractivity contribution in [3.05, 3.63) is 63.6 Å². The standard InChI is InChI=1S/C25H29BrN2O2.ClH/c1-28(2,23-6-4-3-5-7-23)16-18-8-11-22(12-9-18)27-25(29)20-14-19-15-21(26)10-13-24(19)30-17-20;/h8-15,23H,3-7,16-17H2,1-2H3;1H. The van der Waals surface area contributed by atoms with E-state index in [0.717, 1.165) is 38.5 Å². The second kappa shape index (κ2) is 10.2. The minimum atomic E-state index is -0.119. The lowest BCUT2D eigenvalue weighted by molar-refractivity contribution is -0.929. The maximum absolute atomic E-state index is 12.7. The molecule has 2 aliphatic rings. The van der Waals surface area contributed by atoms with Gasteiger partial charge >= 0.3 is 0 Å². The van der Waals surface area contributed by atoms with Crippen molar-refractivity contribution < 1.29 is 26.4 Å². The number of rotatable bonds is 5. The lowest BCUT2D eigenvalue weighted by Gasteiger charge is -2.40. The monoisotopic (exact) mass is 504 g/mol. The Morgan fingerprint density at radius 2 is 1.81 bits per heavy atom. The summed E-state index contributed by atoms with van der Waals surface area (Å²) in [4.78, 5) is 12.7. The molecular formula is C25H30BrClN2O2. The van der Waals surface area contributed by atoms with Gasteiger partial charge < -0.3 is 26.9 Å². The normalized spacial score (nSPS) is 16.4. The van der Waals surface area contributed by atoms with Gasteiger partial charge in [0.25, 0.3) is 5.91 Å². The molecule has 0 unspecified atom stereocenters. The minimum absolute atomic E-state index is 0. The molecule has 1 fully saturated rings. The van der Waals surface area contributed by atoms with Crippen LogP contribution in [0.25, 0.3) is 6.08 Å². The van der Waals surface area contributed by atoms with Gasteiger partial charge in [-0.05, 0) is 62.1 Å². The summed E-state index contributed by atoms with van der Waals surface area (Å²) in [5, 5.41) is 3.01. The zero-order valence-corrected chi connectivity index (χ0v) is 20.5. The molecule has 31 heavy (non-hydrogen) atoms. The Bertz CT molecular complexity index is 950. The molecule has 2 aromatic rings. The molecule has 6 heteroatoms. The molecule has 2 aromatic carbocycles. The van der Waals surface area contributed by atoms with Crippen LogP contribution in [0.15, 0.2) is 52.5 Å². The van der Waals surface area contributed by atoms with E-state index in [1.54, 1.807) is 0 Å². The number of carbonyl (C=O) groups is 1. The maximum atomic E-state index is 12.7. The Kier molecular flexibility index (Phi) is 7.84. The summed E-state index contributed by atoms with van der Waals surface area (Å²) in [6.07, 6.45) is 8.67. The number of anilines is 1. The predicted octanol–water partition coefficient (Wildman–Crippen LogP) is 2.78. The average molecular weight is 506 g/mol. The molecule has 1 heterocycles. The van der Waals surface area contributed by atoms with E-state index in [1.807, 2.05) is 36.4 Å². The summed E-state index contributed by atoms with van der Waals surface area (Å²) in [5.74, 6) is 0.685. The molecule has 0 bridgehead atoms. The second-order valence-electron chi connectivity index (χ2n) is 9.02. The maximum Gasteiger partial charge on any atom is 0.255 e. The highest BCUT2D eigenvalue weighted by Crippen LogP contribution is 2.30. The fourth-order valence-corrected chi connectivity index (χ4v) is 4.94. The first-order chi connectivity index (χ1) is 14.4. The molecule has 0 radical (unpaired) electrons. The van der Waals surface area contributed by atoms with Crippen molar-refractivity contribution in [2.75, 3.05) is 26.0 Å². The number of hydrogen-bond donors (Lipinski definition) is 1. The Hall–Kier alpha value is -1.82. The topological polar surface area (TPSA) is 38.3 Å². The number of carbonyl (C=O) groups excluding carboxylic acids is 1. The minimum Gasteiger partial charge on any atom is -1.00 e. The number of ether oxygens (including phenoxy) is 1. The smallest absolute Gasteiger partial charge is 0.255 e. The van der Waals surface area contributed by atoms with E-state index in [-0.39, 0.29) is 24.9 Å². The van der Waals surface area contributed by atoms with Crippen LogP contribution in [0.5, 0.6) is 5.75 Å². The Morgan fingerprint density at radius 3 is 2.52 bits per heavy atom. The van der Waals surface area contributed by atoms with Crippen LogP contribution in [0.3, 0.4) is 0 Å². The summed E-state index contributed by atoms with van der Waals surface area (Å²) >= 11 is 3.47. The molecule has 4 nitrogen and oxygen atoms in total. The molecule has 0 atom stereocenters. The van der Waals surface area contributed by atoms with Crippen LogP contribution in [0.4, 0.5) is 5.69 Å². The number of nitrogens with one attached hydrogen (secondary N) is 1. The van der Waals surface area contributed by atoms with Crippen molar-refractivity contribution in [3.8, 4) is 5.75 Å². The molecule has 1 aliphatic carbocycles. The summed E-state index contributed by atoms with van der Waals surface area (Å²) in [7, 11) is 4.69. The molecule has 4 rings (SSSR count). The molecule has 0 saturated heterocycles. The van der Waals surface area contributed by atoms with E-state index in [2.05, 4.69) is 47.5 Å². The van der Waals surface area contributed by atoms with Crippen LogP contribution < -0.4 is 22.5 Å². The van der Waals surface area contributed by atoms with Gasteiger partial charge in [0, 0.05) is 21.3 Å². The first-order valence-corrected chi connectivity index (χ1v) is 11.6. The third-order valence-corrected chi connectivity index (χ3v) is 6.83. The van der Waals surface area contributed by atoms with E-state index < -0.39 is 0 Å². The Morgan fingerprint density at radius 1 is 1.10 bits per heavy atom. The van der Waals surface area contributed by atoms with Crippen LogP contribution in [-0.4, -0.2) is 37.1 Å². The average Bonchev–Trinajstić information content (AvgIpc) is 2.75. The van der Waals surface area contributed by atoms with Crippen LogP contribution in [-0.2, 0) is 11.3 Å². The number of fused-ring (bicyclic) bond motifs is 1. The zero-order chi connectivity index (χ0) is 21.1. The second-order valence-corrected chi connectivity index (χ2v) is 9.94. The fourth-order valence-electron chi connectivity index (χ4n) is 4.56. The summed E-state index contributed by atoms with van der Waals surface area (Å²) in [6, 6.07) is 14.8. The number of hydrogen-bond acceptors (Lipinski definition) is 2. The van der Waals surface area contributed by atoms with Gasteiger partial charge in [0.05, 0.1) is 25.7 Å². The van der Waals surface area contributed by atoms with E-state index in [9.17, 15) is 4.79 Å². The lowest BCUT2D eigenvalue weighted by Crippen LogP contribution is -3.00. The van der Waals surface area contributed by atoms with Gasteiger partial charge in [0.2, 0.25) is 0 Å². The van der Waals surface area contributed by atoms with Gasteiger partial charge in [0.15, 0.2) is 0 Å². The van der Waals surface area contributed by atoms with Gasteiger partial charge in [-0.1, -0.05) is 34.5 Å². The predicted molar refractivity (Wildman–Crippen MR) is 125 cm³/mol. The number of amides is 1. The van der Waals surface area contributed by atoms with Crippen molar-refractivity contribution in [1.29, 1.82) is 0 Å². The van der Waals surface area contributed by atoms with E-state index in [1.165, 1.54) is 37.7 Å². The van der Waals surface area contributed by atoms with Crippen molar-refractivity contribution in [2.45, 2.75) is 44.7 Å². The zero-order valence-electron chi connectivity index (χ0n) is 18.2. The molecule has 1 aliphatic heterocycles. The van der Waals surface area contributed by atoms with Crippen molar-refractivity contribution >= 4 is 33.6 Å². The third-order valence-electron chi connectivity index (χ3n) is 6.34. The Labute approximate surface area is 199 Å². The van der Waals surface area contributed by atoms with Gasteiger partial charge in [0.1, 0.15) is 18.9 Å². The molecule has 0 aromatic heterocycles. The van der Waals surface area contributed by atoms with Gasteiger partial charge in [-0.2, -0.15) is 0 Å². The van der Waals surface area contributed by atoms with Crippen molar-refractivity contribution in [1.82, 2.24) is 0 Å². The van der Waals surface area contributed by atoms with Crippen molar-refractivity contribution in [3.63, 3.8) is 0 Å². The van der Waals surface area contributed by atoms with E-state index in [0.29, 0.717) is 5.57 Å². The highest BCUT2D eigenvalue weighted by molar-refractivity contribution is 9.10. The van der Waals surface area contributed by atoms with Gasteiger partial charge in [-0.3, -0.25) is 4.79 Å². The van der Waals surface area contributed by atoms with Gasteiger partial charge in [-0.15, -0.1) is 0 Å². The van der Waals surface area contributed by atoms with Crippen LogP contribution in [0.2, 0.25) is 0 Å². The first kappa shape index (κ1) is 23.8. The number of quaternary nitrogens is 1. The molecule has 1 saturated carbocycles. The van der Waals surface area contributed by atoms with E-state index >= 15 is 0 Å². The molecule has 0 spiro atoms. The first-order valence-electron chi connectivity index (χ1n) is 10.8. The quantitative estimate of drug-likeness (QED) is 0.635. The van der Waals surface area contributed by atoms with Crippen molar-refractivity contribution in [2.24, 2.45) is 0 Å². The highest BCUT2D eigenvalue weighted by Gasteiger charge is 2.29. The SMILES string of the molecule is C[N+](C)(Cc1ccc(NC(=O)C2=Cc3cc(Br)ccc3OC2)cc1)C1CCCCC1.[Cl-]. The van der Waals surface area contributed by atoms with Crippen LogP contribution in [0, 0.1) is 0 Å². The highest BCUT2D eigenvalue weighted by atomic mass is 79.9. The fraction of sp³-hybridized carbons (Fsp3) is 0.400. The van der Waals surface area contributed by atoms with E-state index in [4.69, 9.17) is 4.74 Å². The van der Waals surface area contributed by atoms with Crippen LogP contribution in [0.1, 0.15) is 43.2 Å². The lowest BCUT2D eigenvalue weighted by atomic mass is 9.92. The molecule has 1 N–H and O–H groups in total. The van der Waals surface area contributed by atoms with Gasteiger partial charge in [-0.25, -0.2) is 0 Å². The summed E-state index contributed by atoms with van der Waals surface area (Å²) in [6.45, 7) is 1.30. The van der Waals surface area contributed by atoms with Crippen LogP contribution >= 0.6 is 15.9 Å². The summed E-state index contributed by atoms with van der Waals surface area (Å²) in [5.41, 5.74) is 3.66. The molecular weight excluding hydrogens is 476 g/mol. The number of benzene rings is 2.